The third-order valence-corrected chi connectivity index (χ3v) is 2.64. The Hall–Kier alpha value is -2.35. The summed E-state index contributed by atoms with van der Waals surface area (Å²) in [6, 6.07) is 17.9. The van der Waals surface area contributed by atoms with Crippen LogP contribution in [0.15, 0.2) is 67.3 Å². The number of benzene rings is 2. The zero-order valence-electron chi connectivity index (χ0n) is 10.0. The van der Waals surface area contributed by atoms with Gasteiger partial charge >= 0.3 is 5.97 Å². The maximum absolute atomic E-state index is 11.1. The van der Waals surface area contributed by atoms with E-state index in [0.29, 0.717) is 0 Å². The van der Waals surface area contributed by atoms with Crippen molar-refractivity contribution in [3.05, 3.63) is 72.8 Å². The second-order valence-corrected chi connectivity index (χ2v) is 3.84. The van der Waals surface area contributed by atoms with E-state index in [9.17, 15) is 4.79 Å². The molecule has 2 aromatic carbocycles. The predicted molar refractivity (Wildman–Crippen MR) is 71.9 cm³/mol. The molecule has 0 spiro atoms. The van der Waals surface area contributed by atoms with E-state index in [-0.39, 0.29) is 6.61 Å². The molecule has 0 N–H and O–H groups in total. The van der Waals surface area contributed by atoms with E-state index in [4.69, 9.17) is 4.74 Å². The molecule has 0 unspecified atom stereocenters. The molecular formula is C16H14O2. The highest BCUT2D eigenvalue weighted by Crippen LogP contribution is 2.23. The van der Waals surface area contributed by atoms with Gasteiger partial charge < -0.3 is 4.74 Å². The Labute approximate surface area is 107 Å². The number of carbonyl (C=O) groups excluding carboxylic acids is 1. The summed E-state index contributed by atoms with van der Waals surface area (Å²) in [5.74, 6) is -0.405. The molecule has 0 saturated heterocycles. The molecule has 90 valence electrons. The molecule has 0 fully saturated rings. The summed E-state index contributed by atoms with van der Waals surface area (Å²) < 4.78 is 5.08. The molecule has 2 aromatic rings. The number of ether oxygens (including phenoxy) is 1. The van der Waals surface area contributed by atoms with Crippen molar-refractivity contribution < 1.29 is 9.53 Å². The molecule has 2 nitrogen and oxygen atoms in total. The highest BCUT2D eigenvalue weighted by Gasteiger charge is 2.05. The topological polar surface area (TPSA) is 26.3 Å². The average molecular weight is 238 g/mol. The van der Waals surface area contributed by atoms with Gasteiger partial charge in [-0.2, -0.15) is 0 Å². The molecule has 0 aromatic heterocycles. The van der Waals surface area contributed by atoms with E-state index >= 15 is 0 Å². The molecule has 2 rings (SSSR count). The summed E-state index contributed by atoms with van der Waals surface area (Å²) >= 11 is 0. The fourth-order valence-electron chi connectivity index (χ4n) is 1.75. The first-order valence-electron chi connectivity index (χ1n) is 5.74. The van der Waals surface area contributed by atoms with Gasteiger partial charge in [-0.25, -0.2) is 4.79 Å². The molecule has 0 amide bonds. The zero-order valence-corrected chi connectivity index (χ0v) is 10.0. The van der Waals surface area contributed by atoms with E-state index in [2.05, 4.69) is 6.58 Å². The Morgan fingerprint density at radius 1 is 1.06 bits per heavy atom. The summed E-state index contributed by atoms with van der Waals surface area (Å²) in [6.45, 7) is 3.64. The van der Waals surface area contributed by atoms with Crippen LogP contribution in [-0.4, -0.2) is 5.97 Å². The summed E-state index contributed by atoms with van der Waals surface area (Å²) in [6.07, 6.45) is 1.17. The molecule has 0 aliphatic rings. The van der Waals surface area contributed by atoms with Crippen LogP contribution in [0.2, 0.25) is 0 Å². The minimum atomic E-state index is -0.405. The molecule has 0 atom stereocenters. The average Bonchev–Trinajstić information content (AvgIpc) is 2.46. The number of rotatable bonds is 4. The van der Waals surface area contributed by atoms with E-state index < -0.39 is 5.97 Å². The molecule has 0 saturated carbocycles. The van der Waals surface area contributed by atoms with Gasteiger partial charge in [0.05, 0.1) is 0 Å². The minimum Gasteiger partial charge on any atom is -0.458 e. The highest BCUT2D eigenvalue weighted by atomic mass is 16.5. The molecule has 0 heterocycles. The number of esters is 1. The van der Waals surface area contributed by atoms with Crippen molar-refractivity contribution in [2.24, 2.45) is 0 Å². The van der Waals surface area contributed by atoms with Crippen LogP contribution in [0.5, 0.6) is 0 Å². The van der Waals surface area contributed by atoms with Gasteiger partial charge in [0.25, 0.3) is 0 Å². The van der Waals surface area contributed by atoms with Crippen LogP contribution >= 0.6 is 0 Å². The quantitative estimate of drug-likeness (QED) is 0.601. The Kier molecular flexibility index (Phi) is 3.92. The van der Waals surface area contributed by atoms with Crippen LogP contribution in [0, 0.1) is 0 Å². The molecule has 0 bridgehead atoms. The van der Waals surface area contributed by atoms with Crippen molar-refractivity contribution in [3.63, 3.8) is 0 Å². The second-order valence-electron chi connectivity index (χ2n) is 3.84. The largest absolute Gasteiger partial charge is 0.458 e. The fourth-order valence-corrected chi connectivity index (χ4v) is 1.75. The van der Waals surface area contributed by atoms with Gasteiger partial charge in [-0.3, -0.25) is 0 Å². The molecule has 18 heavy (non-hydrogen) atoms. The maximum atomic E-state index is 11.1. The van der Waals surface area contributed by atoms with Gasteiger partial charge in [-0.05, 0) is 16.7 Å². The van der Waals surface area contributed by atoms with Gasteiger partial charge in [0, 0.05) is 6.08 Å². The van der Waals surface area contributed by atoms with E-state index in [1.54, 1.807) is 0 Å². The minimum absolute atomic E-state index is 0.260. The number of hydrogen-bond acceptors (Lipinski definition) is 2. The first-order chi connectivity index (χ1) is 8.81. The van der Waals surface area contributed by atoms with E-state index in [0.717, 1.165) is 16.7 Å². The Morgan fingerprint density at radius 2 is 1.72 bits per heavy atom. The van der Waals surface area contributed by atoms with Crippen molar-refractivity contribution in [2.45, 2.75) is 6.61 Å². The summed E-state index contributed by atoms with van der Waals surface area (Å²) in [5, 5.41) is 0. The van der Waals surface area contributed by atoms with Gasteiger partial charge in [-0.1, -0.05) is 61.2 Å². The lowest BCUT2D eigenvalue weighted by Crippen LogP contribution is -2.01. The SMILES string of the molecule is C=CC(=O)OCc1ccccc1-c1ccccc1. The van der Waals surface area contributed by atoms with Crippen LogP contribution in [0.1, 0.15) is 5.56 Å². The molecule has 2 heteroatoms. The molecule has 0 aliphatic heterocycles. The molecular weight excluding hydrogens is 224 g/mol. The Balaban J connectivity index is 2.26. The van der Waals surface area contributed by atoms with Crippen LogP contribution in [0.25, 0.3) is 11.1 Å². The van der Waals surface area contributed by atoms with Gasteiger partial charge in [0.1, 0.15) is 6.61 Å². The predicted octanol–water partition coefficient (Wildman–Crippen LogP) is 3.58. The van der Waals surface area contributed by atoms with Crippen molar-refractivity contribution >= 4 is 5.97 Å². The summed E-state index contributed by atoms with van der Waals surface area (Å²) in [5.41, 5.74) is 3.18. The van der Waals surface area contributed by atoms with Crippen LogP contribution in [-0.2, 0) is 16.1 Å². The van der Waals surface area contributed by atoms with Gasteiger partial charge in [0.15, 0.2) is 0 Å². The Morgan fingerprint density at radius 3 is 2.44 bits per heavy atom. The summed E-state index contributed by atoms with van der Waals surface area (Å²) in [4.78, 5) is 11.1. The first kappa shape index (κ1) is 12.1. The standard InChI is InChI=1S/C16H14O2/c1-2-16(17)18-12-14-10-6-7-11-15(14)13-8-4-3-5-9-13/h2-11H,1,12H2. The monoisotopic (exact) mass is 238 g/mol. The molecule has 0 aliphatic carbocycles. The normalized spacial score (nSPS) is 9.78. The van der Waals surface area contributed by atoms with Gasteiger partial charge in [0.2, 0.25) is 0 Å². The van der Waals surface area contributed by atoms with Crippen molar-refractivity contribution in [2.75, 3.05) is 0 Å². The Bertz CT molecular complexity index is 544. The van der Waals surface area contributed by atoms with E-state index in [1.807, 2.05) is 54.6 Å². The summed E-state index contributed by atoms with van der Waals surface area (Å²) in [7, 11) is 0. The first-order valence-corrected chi connectivity index (χ1v) is 5.74. The zero-order chi connectivity index (χ0) is 12.8. The highest BCUT2D eigenvalue weighted by molar-refractivity contribution is 5.81. The van der Waals surface area contributed by atoms with Crippen molar-refractivity contribution in [3.8, 4) is 11.1 Å². The maximum Gasteiger partial charge on any atom is 0.330 e. The second kappa shape index (κ2) is 5.82. The van der Waals surface area contributed by atoms with Gasteiger partial charge in [-0.15, -0.1) is 0 Å². The lowest BCUT2D eigenvalue weighted by Gasteiger charge is -2.09. The van der Waals surface area contributed by atoms with Crippen LogP contribution in [0.3, 0.4) is 0 Å². The fraction of sp³-hybridized carbons (Fsp3) is 0.0625. The third kappa shape index (κ3) is 2.86. The van der Waals surface area contributed by atoms with E-state index in [1.165, 1.54) is 6.08 Å². The van der Waals surface area contributed by atoms with Crippen LogP contribution in [0.4, 0.5) is 0 Å². The van der Waals surface area contributed by atoms with Crippen molar-refractivity contribution in [1.29, 1.82) is 0 Å². The smallest absolute Gasteiger partial charge is 0.330 e. The number of carbonyl (C=O) groups is 1. The third-order valence-electron chi connectivity index (χ3n) is 2.64. The number of hydrogen-bond donors (Lipinski definition) is 0. The van der Waals surface area contributed by atoms with Crippen LogP contribution < -0.4 is 0 Å². The lowest BCUT2D eigenvalue weighted by molar-refractivity contribution is -0.138. The van der Waals surface area contributed by atoms with Crippen molar-refractivity contribution in [1.82, 2.24) is 0 Å². The lowest BCUT2D eigenvalue weighted by atomic mass is 10.0. The molecule has 0 radical (unpaired) electrons.